The Morgan fingerprint density at radius 2 is 1.95 bits per heavy atom. The maximum atomic E-state index is 10.9. The zero-order valence-corrected chi connectivity index (χ0v) is 11.0. The van der Waals surface area contributed by atoms with Gasteiger partial charge in [0.1, 0.15) is 5.75 Å². The molecule has 0 bridgehead atoms. The lowest BCUT2D eigenvalue weighted by Gasteiger charge is -2.04. The van der Waals surface area contributed by atoms with E-state index in [4.69, 9.17) is 4.74 Å². The number of carbonyl (C=O) groups excluding carboxylic acids is 1. The molecule has 0 N–H and O–H groups in total. The fourth-order valence-corrected chi connectivity index (χ4v) is 2.04. The molecule has 1 aromatic carbocycles. The molecule has 0 aliphatic heterocycles. The van der Waals surface area contributed by atoms with Crippen molar-refractivity contribution >= 4 is 11.9 Å². The fraction of sp³-hybridized carbons (Fsp3) is 0.133. The maximum absolute atomic E-state index is 10.9. The molecule has 5 nitrogen and oxygen atoms in total. The monoisotopic (exact) mass is 267 g/mol. The molecule has 0 saturated heterocycles. The van der Waals surface area contributed by atoms with Crippen molar-refractivity contribution in [2.24, 2.45) is 0 Å². The summed E-state index contributed by atoms with van der Waals surface area (Å²) in [5, 5.41) is 8.27. The van der Waals surface area contributed by atoms with Crippen LogP contribution in [0.3, 0.4) is 0 Å². The van der Waals surface area contributed by atoms with Crippen molar-refractivity contribution in [3.63, 3.8) is 0 Å². The van der Waals surface area contributed by atoms with Crippen LogP contribution in [0.4, 0.5) is 0 Å². The number of nitrogens with zero attached hydrogens (tertiary/aromatic N) is 3. The first-order valence-corrected chi connectivity index (χ1v) is 6.35. The van der Waals surface area contributed by atoms with Crippen molar-refractivity contribution in [2.45, 2.75) is 6.92 Å². The van der Waals surface area contributed by atoms with Gasteiger partial charge in [0.05, 0.1) is 6.61 Å². The number of rotatable bonds is 4. The van der Waals surface area contributed by atoms with Gasteiger partial charge in [0.25, 0.3) is 0 Å². The number of benzene rings is 1. The lowest BCUT2D eigenvalue weighted by molar-refractivity contribution is 0.112. The molecule has 0 spiro atoms. The van der Waals surface area contributed by atoms with Crippen LogP contribution in [0.5, 0.6) is 5.75 Å². The highest BCUT2D eigenvalue weighted by atomic mass is 16.5. The van der Waals surface area contributed by atoms with Crippen molar-refractivity contribution in [1.82, 2.24) is 14.6 Å². The summed E-state index contributed by atoms with van der Waals surface area (Å²) in [5.41, 5.74) is 2.22. The van der Waals surface area contributed by atoms with Crippen LogP contribution in [0.1, 0.15) is 17.3 Å². The molecule has 100 valence electrons. The summed E-state index contributed by atoms with van der Waals surface area (Å²) < 4.78 is 7.22. The lowest BCUT2D eigenvalue weighted by Crippen LogP contribution is -1.93. The van der Waals surface area contributed by atoms with Crippen molar-refractivity contribution in [2.75, 3.05) is 6.61 Å². The highest BCUT2D eigenvalue weighted by Gasteiger charge is 2.08. The van der Waals surface area contributed by atoms with Gasteiger partial charge in [-0.25, -0.2) is 0 Å². The van der Waals surface area contributed by atoms with Gasteiger partial charge in [-0.2, -0.15) is 0 Å². The Balaban J connectivity index is 2.06. The number of carbonyl (C=O) groups is 1. The molecule has 20 heavy (non-hydrogen) atoms. The second-order valence-electron chi connectivity index (χ2n) is 4.29. The molecule has 0 atom stereocenters. The maximum Gasteiger partial charge on any atom is 0.168 e. The summed E-state index contributed by atoms with van der Waals surface area (Å²) in [5.74, 6) is 1.52. The number of fused-ring (bicyclic) bond motifs is 1. The second kappa shape index (κ2) is 5.13. The summed E-state index contributed by atoms with van der Waals surface area (Å²) >= 11 is 0. The first-order chi connectivity index (χ1) is 9.81. The average Bonchev–Trinajstić information content (AvgIpc) is 2.91. The van der Waals surface area contributed by atoms with Crippen LogP contribution in [0.25, 0.3) is 17.0 Å². The van der Waals surface area contributed by atoms with E-state index >= 15 is 0 Å². The van der Waals surface area contributed by atoms with Gasteiger partial charge in [-0.15, -0.1) is 10.2 Å². The van der Waals surface area contributed by atoms with Crippen molar-refractivity contribution < 1.29 is 9.53 Å². The number of aldehydes is 1. The van der Waals surface area contributed by atoms with Crippen LogP contribution >= 0.6 is 0 Å². The molecule has 3 aromatic rings. The second-order valence-corrected chi connectivity index (χ2v) is 4.29. The summed E-state index contributed by atoms with van der Waals surface area (Å²) in [4.78, 5) is 10.9. The minimum absolute atomic E-state index is 0.587. The quantitative estimate of drug-likeness (QED) is 0.682. The molecule has 0 fully saturated rings. The smallest absolute Gasteiger partial charge is 0.168 e. The minimum Gasteiger partial charge on any atom is -0.494 e. The van der Waals surface area contributed by atoms with E-state index in [0.29, 0.717) is 23.6 Å². The zero-order chi connectivity index (χ0) is 13.9. The molecule has 0 saturated carbocycles. The number of hydrogen-bond donors (Lipinski definition) is 0. The Hall–Kier alpha value is -2.69. The molecule has 0 aliphatic rings. The topological polar surface area (TPSA) is 56.5 Å². The molecule has 2 aromatic heterocycles. The summed E-state index contributed by atoms with van der Waals surface area (Å²) in [7, 11) is 0. The van der Waals surface area contributed by atoms with Crippen molar-refractivity contribution in [3.05, 3.63) is 48.2 Å². The van der Waals surface area contributed by atoms with E-state index in [2.05, 4.69) is 10.2 Å². The normalized spacial score (nSPS) is 10.7. The summed E-state index contributed by atoms with van der Waals surface area (Å²) in [6, 6.07) is 11.1. The van der Waals surface area contributed by atoms with Crippen molar-refractivity contribution in [3.8, 4) is 17.1 Å². The van der Waals surface area contributed by atoms with E-state index in [0.717, 1.165) is 17.6 Å². The lowest BCUT2D eigenvalue weighted by atomic mass is 10.2. The van der Waals surface area contributed by atoms with Gasteiger partial charge in [-0.05, 0) is 43.3 Å². The molecule has 0 aliphatic carbocycles. The molecule has 2 heterocycles. The number of pyridine rings is 1. The van der Waals surface area contributed by atoms with E-state index in [1.54, 1.807) is 22.7 Å². The van der Waals surface area contributed by atoms with E-state index in [1.165, 1.54) is 0 Å². The standard InChI is InChI=1S/C15H13N3O2/c1-2-20-13-6-4-12(5-7-13)15-17-16-14-8-3-11(10-19)9-18(14)15/h3-10H,2H2,1H3. The van der Waals surface area contributed by atoms with Crippen LogP contribution in [-0.2, 0) is 0 Å². The molecular formula is C15H13N3O2. The Morgan fingerprint density at radius 3 is 2.65 bits per heavy atom. The zero-order valence-electron chi connectivity index (χ0n) is 11.0. The van der Waals surface area contributed by atoms with E-state index in [1.807, 2.05) is 31.2 Å². The van der Waals surface area contributed by atoms with Gasteiger partial charge in [0.2, 0.25) is 0 Å². The molecule has 0 amide bonds. The fourth-order valence-electron chi connectivity index (χ4n) is 2.04. The van der Waals surface area contributed by atoms with Gasteiger partial charge >= 0.3 is 0 Å². The third-order valence-corrected chi connectivity index (χ3v) is 2.98. The average molecular weight is 267 g/mol. The SMILES string of the molecule is CCOc1ccc(-c2nnc3ccc(C=O)cn23)cc1. The summed E-state index contributed by atoms with van der Waals surface area (Å²) in [6.07, 6.45) is 2.54. The third kappa shape index (κ3) is 2.14. The number of aromatic nitrogens is 3. The van der Waals surface area contributed by atoms with Crippen LogP contribution in [0.15, 0.2) is 42.6 Å². The van der Waals surface area contributed by atoms with E-state index in [-0.39, 0.29) is 0 Å². The predicted molar refractivity (Wildman–Crippen MR) is 75.0 cm³/mol. The molecular weight excluding hydrogens is 254 g/mol. The van der Waals surface area contributed by atoms with E-state index < -0.39 is 0 Å². The van der Waals surface area contributed by atoms with Gasteiger partial charge in [0, 0.05) is 17.3 Å². The summed E-state index contributed by atoms with van der Waals surface area (Å²) in [6.45, 7) is 2.58. The van der Waals surface area contributed by atoms with Crippen LogP contribution in [-0.4, -0.2) is 27.5 Å². The van der Waals surface area contributed by atoms with Gasteiger partial charge in [-0.3, -0.25) is 9.20 Å². The van der Waals surface area contributed by atoms with E-state index in [9.17, 15) is 4.79 Å². The highest BCUT2D eigenvalue weighted by Crippen LogP contribution is 2.21. The Morgan fingerprint density at radius 1 is 1.15 bits per heavy atom. The largest absolute Gasteiger partial charge is 0.494 e. The first kappa shape index (κ1) is 12.3. The highest BCUT2D eigenvalue weighted by molar-refractivity contribution is 5.75. The van der Waals surface area contributed by atoms with Crippen LogP contribution < -0.4 is 4.74 Å². The predicted octanol–water partition coefficient (Wildman–Crippen LogP) is 2.61. The molecule has 3 rings (SSSR count). The van der Waals surface area contributed by atoms with Crippen LogP contribution in [0, 0.1) is 0 Å². The van der Waals surface area contributed by atoms with Crippen molar-refractivity contribution in [1.29, 1.82) is 0 Å². The number of hydrogen-bond acceptors (Lipinski definition) is 4. The Bertz CT molecular complexity index is 747. The molecule has 0 unspecified atom stereocenters. The van der Waals surface area contributed by atoms with Crippen LogP contribution in [0.2, 0.25) is 0 Å². The Labute approximate surface area is 115 Å². The van der Waals surface area contributed by atoms with Gasteiger partial charge < -0.3 is 4.74 Å². The van der Waals surface area contributed by atoms with Gasteiger partial charge in [-0.1, -0.05) is 0 Å². The molecule has 0 radical (unpaired) electrons. The first-order valence-electron chi connectivity index (χ1n) is 6.35. The molecule has 5 heteroatoms. The van der Waals surface area contributed by atoms with Gasteiger partial charge in [0.15, 0.2) is 17.8 Å². The third-order valence-electron chi connectivity index (χ3n) is 2.98. The Kier molecular flexibility index (Phi) is 3.16. The number of ether oxygens (including phenoxy) is 1. The minimum atomic E-state index is 0.587.